The van der Waals surface area contributed by atoms with Gasteiger partial charge in [-0.15, -0.1) is 11.3 Å². The van der Waals surface area contributed by atoms with E-state index in [-0.39, 0.29) is 31.2 Å². The quantitative estimate of drug-likeness (QED) is 0.607. The van der Waals surface area contributed by atoms with Crippen LogP contribution >= 0.6 is 11.3 Å². The zero-order valence-corrected chi connectivity index (χ0v) is 17.3. The highest BCUT2D eigenvalue weighted by molar-refractivity contribution is 7.15. The molecule has 2 aromatic heterocycles. The number of methoxy groups -OCH3 is 1. The molecule has 0 fully saturated rings. The van der Waals surface area contributed by atoms with Gasteiger partial charge >= 0.3 is 0 Å². The number of nitrogens with one attached hydrogen (secondary N) is 1. The van der Waals surface area contributed by atoms with Crippen molar-refractivity contribution in [3.63, 3.8) is 0 Å². The van der Waals surface area contributed by atoms with Crippen LogP contribution in [0, 0.1) is 13.8 Å². The number of rotatable bonds is 8. The maximum Gasteiger partial charge on any atom is 0.266 e. The van der Waals surface area contributed by atoms with E-state index in [1.54, 1.807) is 24.3 Å². The monoisotopic (exact) mass is 414 g/mol. The molecular formula is C20H22N4O4S. The van der Waals surface area contributed by atoms with Crippen molar-refractivity contribution in [1.29, 1.82) is 0 Å². The fourth-order valence-electron chi connectivity index (χ4n) is 2.73. The van der Waals surface area contributed by atoms with Gasteiger partial charge in [0.05, 0.1) is 29.2 Å². The molecule has 2 heterocycles. The van der Waals surface area contributed by atoms with E-state index in [4.69, 9.17) is 9.47 Å². The zero-order valence-electron chi connectivity index (χ0n) is 16.5. The van der Waals surface area contributed by atoms with Crippen LogP contribution in [0.15, 0.2) is 41.2 Å². The molecule has 0 aliphatic heterocycles. The molecule has 3 rings (SSSR count). The summed E-state index contributed by atoms with van der Waals surface area (Å²) in [5, 5.41) is 8.08. The van der Waals surface area contributed by atoms with Crippen LogP contribution < -0.4 is 20.3 Å². The predicted octanol–water partition coefficient (Wildman–Crippen LogP) is 2.19. The molecule has 8 nitrogen and oxygen atoms in total. The van der Waals surface area contributed by atoms with Gasteiger partial charge in [-0.25, -0.2) is 9.67 Å². The van der Waals surface area contributed by atoms with E-state index < -0.39 is 0 Å². The van der Waals surface area contributed by atoms with Crippen LogP contribution in [-0.2, 0) is 11.3 Å². The van der Waals surface area contributed by atoms with E-state index in [1.807, 2.05) is 19.9 Å². The van der Waals surface area contributed by atoms with Gasteiger partial charge in [0.15, 0.2) is 18.1 Å². The SMILES string of the molecule is COc1ccccc1OCC(=O)NCCn1nc(-c2sc(C)nc2C)ccc1=O. The van der Waals surface area contributed by atoms with Gasteiger partial charge in [-0.1, -0.05) is 12.1 Å². The lowest BCUT2D eigenvalue weighted by molar-refractivity contribution is -0.123. The van der Waals surface area contributed by atoms with Crippen LogP contribution in [-0.4, -0.2) is 40.9 Å². The molecule has 152 valence electrons. The second-order valence-corrected chi connectivity index (χ2v) is 7.42. The molecule has 0 aliphatic carbocycles. The molecule has 3 aromatic rings. The third-order valence-corrected chi connectivity index (χ3v) is 5.17. The lowest BCUT2D eigenvalue weighted by Gasteiger charge is -2.11. The Morgan fingerprint density at radius 2 is 1.93 bits per heavy atom. The molecule has 0 unspecified atom stereocenters. The summed E-state index contributed by atoms with van der Waals surface area (Å²) in [6, 6.07) is 10.3. The Bertz CT molecular complexity index is 1060. The number of hydrogen-bond acceptors (Lipinski definition) is 7. The first kappa shape index (κ1) is 20.5. The molecule has 9 heteroatoms. The molecule has 1 N–H and O–H groups in total. The van der Waals surface area contributed by atoms with Crippen molar-refractivity contribution in [2.45, 2.75) is 20.4 Å². The Kier molecular flexibility index (Phi) is 6.61. The fraction of sp³-hybridized carbons (Fsp3) is 0.300. The minimum absolute atomic E-state index is 0.151. The second-order valence-electron chi connectivity index (χ2n) is 6.22. The van der Waals surface area contributed by atoms with E-state index in [9.17, 15) is 9.59 Å². The van der Waals surface area contributed by atoms with E-state index in [2.05, 4.69) is 15.4 Å². The molecule has 0 bridgehead atoms. The van der Waals surface area contributed by atoms with E-state index in [1.165, 1.54) is 29.2 Å². The predicted molar refractivity (Wildman–Crippen MR) is 111 cm³/mol. The summed E-state index contributed by atoms with van der Waals surface area (Å²) >= 11 is 1.53. The van der Waals surface area contributed by atoms with Crippen LogP contribution in [0.25, 0.3) is 10.6 Å². The summed E-state index contributed by atoms with van der Waals surface area (Å²) in [5.74, 6) is 0.751. The van der Waals surface area contributed by atoms with Crippen LogP contribution in [0.2, 0.25) is 0 Å². The molecule has 0 saturated heterocycles. The molecule has 0 atom stereocenters. The summed E-state index contributed by atoms with van der Waals surface area (Å²) in [7, 11) is 1.54. The number of aryl methyl sites for hydroxylation is 2. The third-order valence-electron chi connectivity index (χ3n) is 4.08. The highest BCUT2D eigenvalue weighted by atomic mass is 32.1. The average molecular weight is 414 g/mol. The van der Waals surface area contributed by atoms with E-state index in [0.717, 1.165) is 15.6 Å². The number of aromatic nitrogens is 3. The van der Waals surface area contributed by atoms with Crippen molar-refractivity contribution in [2.75, 3.05) is 20.3 Å². The lowest BCUT2D eigenvalue weighted by Crippen LogP contribution is -2.34. The van der Waals surface area contributed by atoms with Gasteiger partial charge in [0.2, 0.25) is 0 Å². The summed E-state index contributed by atoms with van der Waals surface area (Å²) in [6.07, 6.45) is 0. The van der Waals surface area contributed by atoms with Crippen molar-refractivity contribution < 1.29 is 14.3 Å². The first-order valence-corrected chi connectivity index (χ1v) is 9.84. The van der Waals surface area contributed by atoms with Crippen molar-refractivity contribution in [3.05, 3.63) is 57.5 Å². The molecule has 0 aliphatic rings. The fourth-order valence-corrected chi connectivity index (χ4v) is 3.62. The summed E-state index contributed by atoms with van der Waals surface area (Å²) in [4.78, 5) is 29.5. The number of carbonyl (C=O) groups excluding carboxylic acids is 1. The Morgan fingerprint density at radius 3 is 2.62 bits per heavy atom. The standard InChI is InChI=1S/C20H22N4O4S/c1-13-20(29-14(2)22-13)15-8-9-19(26)24(23-15)11-10-21-18(25)12-28-17-7-5-4-6-16(17)27-3/h4-9H,10-12H2,1-3H3,(H,21,25). The topological polar surface area (TPSA) is 95.3 Å². The van der Waals surface area contributed by atoms with Gasteiger partial charge in [0.25, 0.3) is 11.5 Å². The number of carbonyl (C=O) groups is 1. The average Bonchev–Trinajstić information content (AvgIpc) is 3.06. The number of benzene rings is 1. The van der Waals surface area contributed by atoms with Gasteiger partial charge in [-0.2, -0.15) is 5.10 Å². The van der Waals surface area contributed by atoms with Crippen LogP contribution in [0.3, 0.4) is 0 Å². The Morgan fingerprint density at radius 1 is 1.17 bits per heavy atom. The van der Waals surface area contributed by atoms with Crippen molar-refractivity contribution in [1.82, 2.24) is 20.1 Å². The normalized spacial score (nSPS) is 10.6. The van der Waals surface area contributed by atoms with Crippen molar-refractivity contribution in [3.8, 4) is 22.1 Å². The number of amides is 1. The van der Waals surface area contributed by atoms with Gasteiger partial charge < -0.3 is 14.8 Å². The summed E-state index contributed by atoms with van der Waals surface area (Å²) in [5.41, 5.74) is 1.35. The number of para-hydroxylation sites is 2. The van der Waals surface area contributed by atoms with Gasteiger partial charge in [-0.3, -0.25) is 9.59 Å². The van der Waals surface area contributed by atoms with Gasteiger partial charge in [0, 0.05) is 12.6 Å². The van der Waals surface area contributed by atoms with Gasteiger partial charge in [-0.05, 0) is 32.0 Å². The van der Waals surface area contributed by atoms with Crippen LogP contribution in [0.1, 0.15) is 10.7 Å². The molecule has 1 amide bonds. The zero-order chi connectivity index (χ0) is 20.8. The molecule has 29 heavy (non-hydrogen) atoms. The smallest absolute Gasteiger partial charge is 0.266 e. The number of nitrogens with zero attached hydrogens (tertiary/aromatic N) is 3. The van der Waals surface area contributed by atoms with Gasteiger partial charge in [0.1, 0.15) is 5.69 Å². The van der Waals surface area contributed by atoms with Crippen molar-refractivity contribution >= 4 is 17.2 Å². The molecule has 1 aromatic carbocycles. The largest absolute Gasteiger partial charge is 0.493 e. The minimum atomic E-state index is -0.297. The molecule has 0 saturated carbocycles. The molecular weight excluding hydrogens is 392 g/mol. The molecule has 0 radical (unpaired) electrons. The number of hydrogen-bond donors (Lipinski definition) is 1. The van der Waals surface area contributed by atoms with E-state index in [0.29, 0.717) is 17.2 Å². The second kappa shape index (κ2) is 9.33. The lowest BCUT2D eigenvalue weighted by atomic mass is 10.3. The first-order valence-electron chi connectivity index (χ1n) is 9.03. The summed E-state index contributed by atoms with van der Waals surface area (Å²) < 4.78 is 12.0. The summed E-state index contributed by atoms with van der Waals surface area (Å²) in [6.45, 7) is 4.20. The molecule has 0 spiro atoms. The maximum atomic E-state index is 12.1. The highest BCUT2D eigenvalue weighted by Crippen LogP contribution is 2.27. The highest BCUT2D eigenvalue weighted by Gasteiger charge is 2.11. The first-order chi connectivity index (χ1) is 14.0. The number of ether oxygens (including phenoxy) is 2. The number of thiazole rings is 1. The van der Waals surface area contributed by atoms with E-state index >= 15 is 0 Å². The van der Waals surface area contributed by atoms with Crippen LogP contribution in [0.4, 0.5) is 0 Å². The third kappa shape index (κ3) is 5.20. The Labute approximate surface area is 172 Å². The Hall–Kier alpha value is -3.20. The maximum absolute atomic E-state index is 12.1. The van der Waals surface area contributed by atoms with Crippen molar-refractivity contribution in [2.24, 2.45) is 0 Å². The Balaban J connectivity index is 1.56. The minimum Gasteiger partial charge on any atom is -0.493 e. The van der Waals surface area contributed by atoms with Crippen LogP contribution in [0.5, 0.6) is 11.5 Å².